The maximum absolute atomic E-state index is 12.7. The van der Waals surface area contributed by atoms with Crippen LogP contribution in [0.25, 0.3) is 33.9 Å². The Morgan fingerprint density at radius 2 is 1.72 bits per heavy atom. The summed E-state index contributed by atoms with van der Waals surface area (Å²) in [5.41, 5.74) is 10.5. The average molecular weight is 539 g/mol. The second kappa shape index (κ2) is 10.7. The lowest BCUT2D eigenvalue weighted by molar-refractivity contribution is -0.131. The molecule has 1 amide bonds. The summed E-state index contributed by atoms with van der Waals surface area (Å²) in [7, 11) is 0. The Bertz CT molecular complexity index is 1590. The highest BCUT2D eigenvalue weighted by atomic mass is 35.5. The molecule has 2 aromatic carbocycles. The molecular formula is C30H27ClN6O2. The number of benzene rings is 2. The second-order valence-corrected chi connectivity index (χ2v) is 10.1. The number of hydrogen-bond donors (Lipinski definition) is 1. The molecule has 8 nitrogen and oxygen atoms in total. The van der Waals surface area contributed by atoms with Gasteiger partial charge in [-0.3, -0.25) is 9.48 Å². The minimum atomic E-state index is 0.173. The highest BCUT2D eigenvalue weighted by Crippen LogP contribution is 2.33. The Kier molecular flexibility index (Phi) is 6.85. The van der Waals surface area contributed by atoms with Crippen LogP contribution in [0.4, 0.5) is 5.82 Å². The normalized spacial score (nSPS) is 14.0. The van der Waals surface area contributed by atoms with Crippen molar-refractivity contribution in [2.45, 2.75) is 25.3 Å². The van der Waals surface area contributed by atoms with Gasteiger partial charge in [0.25, 0.3) is 0 Å². The molecule has 5 aromatic rings. The summed E-state index contributed by atoms with van der Waals surface area (Å²) in [6, 6.07) is 19.4. The topological polar surface area (TPSA) is 103 Å². The molecule has 6 rings (SSSR count). The molecule has 0 aliphatic carbocycles. The number of carbonyl (C=O) groups excluding carboxylic acids is 1. The molecular weight excluding hydrogens is 512 g/mol. The monoisotopic (exact) mass is 538 g/mol. The van der Waals surface area contributed by atoms with Crippen molar-refractivity contribution in [3.8, 4) is 33.9 Å². The van der Waals surface area contributed by atoms with Crippen molar-refractivity contribution in [3.63, 3.8) is 0 Å². The largest absolute Gasteiger partial charge is 0.436 e. The molecule has 196 valence electrons. The van der Waals surface area contributed by atoms with E-state index in [2.05, 4.69) is 15.1 Å². The molecule has 0 saturated carbocycles. The predicted molar refractivity (Wildman–Crippen MR) is 151 cm³/mol. The van der Waals surface area contributed by atoms with E-state index in [1.807, 2.05) is 70.5 Å². The zero-order chi connectivity index (χ0) is 26.8. The van der Waals surface area contributed by atoms with Crippen molar-refractivity contribution < 1.29 is 9.21 Å². The van der Waals surface area contributed by atoms with E-state index in [4.69, 9.17) is 21.8 Å². The van der Waals surface area contributed by atoms with Crippen LogP contribution in [0.15, 0.2) is 89.9 Å². The standard InChI is InChI=1S/C30H27ClN6O2/c31-24-8-6-21(7-9-24)27-18-34-30(39-27)26-15-22(16-33-29(26)32)23-17-35-37(19-23)25-10-12-36(13-11-25)28(38)14-20-4-2-1-3-5-20/h1-9,15-19,25H,10-14H2,(H2,32,33). The summed E-state index contributed by atoms with van der Waals surface area (Å²) in [6.45, 7) is 1.44. The van der Waals surface area contributed by atoms with Crippen LogP contribution in [-0.2, 0) is 11.2 Å². The fourth-order valence-electron chi connectivity index (χ4n) is 4.90. The number of carbonyl (C=O) groups is 1. The Hall–Kier alpha value is -4.43. The number of halogens is 1. The van der Waals surface area contributed by atoms with Crippen LogP contribution in [0.2, 0.25) is 5.02 Å². The molecule has 1 aliphatic heterocycles. The summed E-state index contributed by atoms with van der Waals surface area (Å²) in [4.78, 5) is 23.5. The maximum atomic E-state index is 12.7. The smallest absolute Gasteiger partial charge is 0.230 e. The minimum Gasteiger partial charge on any atom is -0.436 e. The number of amides is 1. The first-order valence-electron chi connectivity index (χ1n) is 12.9. The fraction of sp³-hybridized carbons (Fsp3) is 0.200. The maximum Gasteiger partial charge on any atom is 0.230 e. The van der Waals surface area contributed by atoms with Gasteiger partial charge in [0.2, 0.25) is 11.8 Å². The van der Waals surface area contributed by atoms with Crippen molar-refractivity contribution in [3.05, 3.63) is 96.0 Å². The van der Waals surface area contributed by atoms with Crippen LogP contribution >= 0.6 is 11.6 Å². The zero-order valence-electron chi connectivity index (χ0n) is 21.2. The Balaban J connectivity index is 1.14. The van der Waals surface area contributed by atoms with E-state index in [-0.39, 0.29) is 11.9 Å². The van der Waals surface area contributed by atoms with E-state index in [0.717, 1.165) is 48.2 Å². The molecule has 4 heterocycles. The molecule has 1 fully saturated rings. The van der Waals surface area contributed by atoms with Crippen molar-refractivity contribution >= 4 is 23.3 Å². The SMILES string of the molecule is Nc1ncc(-c2cnn(C3CCN(C(=O)Cc4ccccc4)CC3)c2)cc1-c1ncc(-c2ccc(Cl)cc2)o1. The van der Waals surface area contributed by atoms with Gasteiger partial charge in [-0.1, -0.05) is 41.9 Å². The van der Waals surface area contributed by atoms with Crippen molar-refractivity contribution in [2.75, 3.05) is 18.8 Å². The van der Waals surface area contributed by atoms with Crippen LogP contribution < -0.4 is 5.73 Å². The van der Waals surface area contributed by atoms with Crippen LogP contribution in [-0.4, -0.2) is 43.6 Å². The molecule has 3 aromatic heterocycles. The minimum absolute atomic E-state index is 0.173. The van der Waals surface area contributed by atoms with Crippen LogP contribution in [0.1, 0.15) is 24.4 Å². The van der Waals surface area contributed by atoms with Crippen LogP contribution in [0, 0.1) is 0 Å². The van der Waals surface area contributed by atoms with Gasteiger partial charge in [-0.05, 0) is 48.7 Å². The number of pyridine rings is 1. The van der Waals surface area contributed by atoms with E-state index in [1.165, 1.54) is 0 Å². The van der Waals surface area contributed by atoms with Gasteiger partial charge < -0.3 is 15.1 Å². The van der Waals surface area contributed by atoms with Crippen molar-refractivity contribution in [1.29, 1.82) is 0 Å². The van der Waals surface area contributed by atoms with E-state index in [9.17, 15) is 4.79 Å². The Labute approximate surface area is 231 Å². The van der Waals surface area contributed by atoms with E-state index >= 15 is 0 Å². The molecule has 1 aliphatic rings. The first-order chi connectivity index (χ1) is 19.0. The van der Waals surface area contributed by atoms with Gasteiger partial charge in [-0.15, -0.1) is 0 Å². The quantitative estimate of drug-likeness (QED) is 0.288. The Morgan fingerprint density at radius 1 is 0.949 bits per heavy atom. The first-order valence-corrected chi connectivity index (χ1v) is 13.2. The van der Waals surface area contributed by atoms with Crippen LogP contribution in [0.3, 0.4) is 0 Å². The summed E-state index contributed by atoms with van der Waals surface area (Å²) in [5.74, 6) is 1.52. The number of nitrogens with two attached hydrogens (primary N) is 1. The molecule has 0 atom stereocenters. The van der Waals surface area contributed by atoms with Crippen molar-refractivity contribution in [2.24, 2.45) is 0 Å². The number of piperidine rings is 1. The predicted octanol–water partition coefficient (Wildman–Crippen LogP) is 5.91. The number of nitrogen functional groups attached to an aromatic ring is 1. The fourth-order valence-corrected chi connectivity index (χ4v) is 5.03. The molecule has 39 heavy (non-hydrogen) atoms. The molecule has 0 spiro atoms. The number of hydrogen-bond acceptors (Lipinski definition) is 6. The lowest BCUT2D eigenvalue weighted by Crippen LogP contribution is -2.39. The van der Waals surface area contributed by atoms with E-state index < -0.39 is 0 Å². The third-order valence-electron chi connectivity index (χ3n) is 7.11. The van der Waals surface area contributed by atoms with Gasteiger partial charge >= 0.3 is 0 Å². The Morgan fingerprint density at radius 3 is 2.49 bits per heavy atom. The van der Waals surface area contributed by atoms with Gasteiger partial charge in [0.05, 0.1) is 30.4 Å². The first kappa shape index (κ1) is 24.9. The molecule has 2 N–H and O–H groups in total. The highest BCUT2D eigenvalue weighted by Gasteiger charge is 2.25. The summed E-state index contributed by atoms with van der Waals surface area (Å²) in [6.07, 6.45) is 9.41. The lowest BCUT2D eigenvalue weighted by Gasteiger charge is -2.32. The van der Waals surface area contributed by atoms with Crippen LogP contribution in [0.5, 0.6) is 0 Å². The number of anilines is 1. The molecule has 0 unspecified atom stereocenters. The third kappa shape index (κ3) is 5.42. The third-order valence-corrected chi connectivity index (χ3v) is 7.36. The highest BCUT2D eigenvalue weighted by molar-refractivity contribution is 6.30. The second-order valence-electron chi connectivity index (χ2n) is 9.68. The number of likely N-dealkylation sites (tertiary alicyclic amines) is 1. The zero-order valence-corrected chi connectivity index (χ0v) is 22.0. The van der Waals surface area contributed by atoms with E-state index in [0.29, 0.717) is 34.5 Å². The lowest BCUT2D eigenvalue weighted by atomic mass is 10.0. The van der Waals surface area contributed by atoms with Gasteiger partial charge in [0.15, 0.2) is 5.76 Å². The molecule has 0 bridgehead atoms. The molecule has 1 saturated heterocycles. The number of nitrogens with zero attached hydrogens (tertiary/aromatic N) is 5. The summed E-state index contributed by atoms with van der Waals surface area (Å²) >= 11 is 6.00. The average Bonchev–Trinajstić information content (AvgIpc) is 3.65. The van der Waals surface area contributed by atoms with Crippen molar-refractivity contribution in [1.82, 2.24) is 24.6 Å². The van der Waals surface area contributed by atoms with Gasteiger partial charge in [0.1, 0.15) is 5.82 Å². The summed E-state index contributed by atoms with van der Waals surface area (Å²) < 4.78 is 8.00. The molecule has 9 heteroatoms. The van der Waals surface area contributed by atoms with Gasteiger partial charge in [-0.2, -0.15) is 5.10 Å². The number of oxazole rings is 1. The number of aromatic nitrogens is 4. The number of rotatable bonds is 6. The van der Waals surface area contributed by atoms with Gasteiger partial charge in [0, 0.05) is 47.2 Å². The van der Waals surface area contributed by atoms with Gasteiger partial charge in [-0.25, -0.2) is 9.97 Å². The molecule has 0 radical (unpaired) electrons. The summed E-state index contributed by atoms with van der Waals surface area (Å²) in [5, 5.41) is 5.29. The van der Waals surface area contributed by atoms with E-state index in [1.54, 1.807) is 24.5 Å².